The predicted octanol–water partition coefficient (Wildman–Crippen LogP) is 2.98. The first-order valence-electron chi connectivity index (χ1n) is 7.54. The summed E-state index contributed by atoms with van der Waals surface area (Å²) in [5.74, 6) is -1.31. The molecule has 3 rings (SSSR count). The Morgan fingerprint density at radius 2 is 2.00 bits per heavy atom. The molecule has 0 spiro atoms. The third-order valence-electron chi connectivity index (χ3n) is 3.82. The molecule has 0 atom stereocenters. The number of carboxylic acids is 1. The molecule has 0 radical (unpaired) electrons. The second-order valence-electron chi connectivity index (χ2n) is 6.04. The lowest BCUT2D eigenvalue weighted by Gasteiger charge is -2.08. The van der Waals surface area contributed by atoms with Crippen LogP contribution in [0, 0.1) is 5.82 Å². The number of aromatic carboxylic acids is 1. The Morgan fingerprint density at radius 1 is 1.29 bits per heavy atom. The normalized spacial score (nSPS) is 11.3. The van der Waals surface area contributed by atoms with Gasteiger partial charge in [0.2, 0.25) is 0 Å². The Labute approximate surface area is 139 Å². The van der Waals surface area contributed by atoms with Crippen molar-refractivity contribution < 1.29 is 14.3 Å². The molecule has 0 saturated heterocycles. The minimum Gasteiger partial charge on any atom is -0.477 e. The van der Waals surface area contributed by atoms with E-state index in [-0.39, 0.29) is 11.5 Å². The van der Waals surface area contributed by atoms with E-state index in [0.717, 1.165) is 22.0 Å². The van der Waals surface area contributed by atoms with E-state index in [1.807, 2.05) is 29.8 Å². The van der Waals surface area contributed by atoms with Crippen molar-refractivity contribution in [3.05, 3.63) is 65.4 Å². The summed E-state index contributed by atoms with van der Waals surface area (Å²) in [4.78, 5) is 17.2. The number of halogens is 1. The van der Waals surface area contributed by atoms with Crippen LogP contribution < -0.4 is 0 Å². The van der Waals surface area contributed by atoms with Crippen molar-refractivity contribution >= 4 is 16.9 Å². The van der Waals surface area contributed by atoms with Crippen molar-refractivity contribution in [2.24, 2.45) is 0 Å². The molecule has 2 aromatic heterocycles. The van der Waals surface area contributed by atoms with Gasteiger partial charge < -0.3 is 14.6 Å². The van der Waals surface area contributed by atoms with Gasteiger partial charge in [-0.2, -0.15) is 0 Å². The van der Waals surface area contributed by atoms with Crippen LogP contribution in [-0.4, -0.2) is 39.6 Å². The maximum atomic E-state index is 13.1. The van der Waals surface area contributed by atoms with Crippen LogP contribution in [-0.2, 0) is 13.1 Å². The lowest BCUT2D eigenvalue weighted by molar-refractivity contribution is 0.0690. The van der Waals surface area contributed by atoms with Crippen LogP contribution in [0.2, 0.25) is 0 Å². The van der Waals surface area contributed by atoms with E-state index < -0.39 is 5.97 Å². The highest BCUT2D eigenvalue weighted by molar-refractivity contribution is 5.92. The molecule has 0 amide bonds. The lowest BCUT2D eigenvalue weighted by Crippen LogP contribution is -2.10. The molecule has 0 fully saturated rings. The van der Waals surface area contributed by atoms with Crippen LogP contribution in [0.15, 0.2) is 42.7 Å². The maximum absolute atomic E-state index is 13.1. The fourth-order valence-electron chi connectivity index (χ4n) is 2.76. The van der Waals surface area contributed by atoms with Crippen molar-refractivity contribution in [1.29, 1.82) is 0 Å². The van der Waals surface area contributed by atoms with Gasteiger partial charge >= 0.3 is 5.97 Å². The smallest absolute Gasteiger partial charge is 0.354 e. The SMILES string of the molecule is CN(C)Cc1cn(Cc2ccc(F)cc2)c2cnc(C(=O)O)cc12. The first-order valence-corrected chi connectivity index (χ1v) is 7.54. The second-order valence-corrected chi connectivity index (χ2v) is 6.04. The van der Waals surface area contributed by atoms with E-state index >= 15 is 0 Å². The average molecular weight is 327 g/mol. The van der Waals surface area contributed by atoms with E-state index in [1.165, 1.54) is 12.1 Å². The van der Waals surface area contributed by atoms with Gasteiger partial charge in [0.05, 0.1) is 11.7 Å². The number of aromatic nitrogens is 2. The summed E-state index contributed by atoms with van der Waals surface area (Å²) >= 11 is 0. The number of hydrogen-bond donors (Lipinski definition) is 1. The molecule has 6 heteroatoms. The van der Waals surface area contributed by atoms with Crippen molar-refractivity contribution in [1.82, 2.24) is 14.5 Å². The molecule has 1 N–H and O–H groups in total. The molecule has 0 saturated carbocycles. The molecule has 5 nitrogen and oxygen atoms in total. The predicted molar refractivity (Wildman–Crippen MR) is 89.6 cm³/mol. The van der Waals surface area contributed by atoms with Gasteiger partial charge in [-0.1, -0.05) is 12.1 Å². The van der Waals surface area contributed by atoms with Crippen LogP contribution in [0.25, 0.3) is 10.9 Å². The number of carboxylic acid groups (broad SMARTS) is 1. The zero-order valence-electron chi connectivity index (χ0n) is 13.5. The molecule has 1 aromatic carbocycles. The summed E-state index contributed by atoms with van der Waals surface area (Å²) in [5, 5.41) is 10.0. The molecule has 24 heavy (non-hydrogen) atoms. The number of hydrogen-bond acceptors (Lipinski definition) is 3. The van der Waals surface area contributed by atoms with Crippen molar-refractivity contribution in [2.45, 2.75) is 13.1 Å². The molecule has 0 aliphatic carbocycles. The van der Waals surface area contributed by atoms with Crippen LogP contribution in [0.5, 0.6) is 0 Å². The van der Waals surface area contributed by atoms with E-state index in [4.69, 9.17) is 5.11 Å². The number of rotatable bonds is 5. The Bertz CT molecular complexity index is 885. The van der Waals surface area contributed by atoms with Crippen LogP contribution in [0.3, 0.4) is 0 Å². The summed E-state index contributed by atoms with van der Waals surface area (Å²) in [6.45, 7) is 1.26. The van der Waals surface area contributed by atoms with Gasteiger partial charge in [0.15, 0.2) is 0 Å². The van der Waals surface area contributed by atoms with E-state index in [0.29, 0.717) is 13.1 Å². The molecule has 0 unspecified atom stereocenters. The average Bonchev–Trinajstić information content (AvgIpc) is 2.86. The first kappa shape index (κ1) is 16.1. The maximum Gasteiger partial charge on any atom is 0.354 e. The van der Waals surface area contributed by atoms with Gasteiger partial charge in [0.1, 0.15) is 11.5 Å². The summed E-state index contributed by atoms with van der Waals surface area (Å²) in [6, 6.07) is 7.96. The number of nitrogens with zero attached hydrogens (tertiary/aromatic N) is 3. The highest BCUT2D eigenvalue weighted by atomic mass is 19.1. The van der Waals surface area contributed by atoms with Crippen molar-refractivity contribution in [2.75, 3.05) is 14.1 Å². The topological polar surface area (TPSA) is 58.4 Å². The van der Waals surface area contributed by atoms with Gasteiger partial charge in [0, 0.05) is 24.7 Å². The Balaban J connectivity index is 2.06. The molecule has 2 heterocycles. The Hall–Kier alpha value is -2.73. The molecule has 3 aromatic rings. The number of carbonyl (C=O) groups is 1. The largest absolute Gasteiger partial charge is 0.477 e. The van der Waals surface area contributed by atoms with Gasteiger partial charge in [-0.3, -0.25) is 0 Å². The van der Waals surface area contributed by atoms with Crippen molar-refractivity contribution in [3.8, 4) is 0 Å². The highest BCUT2D eigenvalue weighted by Crippen LogP contribution is 2.24. The zero-order valence-corrected chi connectivity index (χ0v) is 13.5. The number of pyridine rings is 1. The highest BCUT2D eigenvalue weighted by Gasteiger charge is 2.14. The third-order valence-corrected chi connectivity index (χ3v) is 3.82. The summed E-state index contributed by atoms with van der Waals surface area (Å²) < 4.78 is 15.1. The monoisotopic (exact) mass is 327 g/mol. The number of fused-ring (bicyclic) bond motifs is 1. The first-order chi connectivity index (χ1) is 11.4. The van der Waals surface area contributed by atoms with Gasteiger partial charge in [-0.15, -0.1) is 0 Å². The standard InChI is InChI=1S/C18H18FN3O2/c1-21(2)10-13-11-22(9-12-3-5-14(19)6-4-12)17-8-20-16(18(23)24)7-15(13)17/h3-8,11H,9-10H2,1-2H3,(H,23,24). The quantitative estimate of drug-likeness (QED) is 0.783. The van der Waals surface area contributed by atoms with Crippen molar-refractivity contribution in [3.63, 3.8) is 0 Å². The minimum atomic E-state index is -1.04. The molecule has 124 valence electrons. The van der Waals surface area contributed by atoms with Gasteiger partial charge in [0.25, 0.3) is 0 Å². The second kappa shape index (κ2) is 6.41. The lowest BCUT2D eigenvalue weighted by atomic mass is 10.2. The molecule has 0 aliphatic heterocycles. The van der Waals surface area contributed by atoms with E-state index in [9.17, 15) is 9.18 Å². The minimum absolute atomic E-state index is 0.0297. The summed E-state index contributed by atoms with van der Waals surface area (Å²) in [6.07, 6.45) is 3.59. The van der Waals surface area contributed by atoms with Gasteiger partial charge in [-0.05, 0) is 43.4 Å². The summed E-state index contributed by atoms with van der Waals surface area (Å²) in [5.41, 5.74) is 2.89. The Kier molecular flexibility index (Phi) is 4.31. The number of benzene rings is 1. The van der Waals surface area contributed by atoms with Crippen LogP contribution >= 0.6 is 0 Å². The van der Waals surface area contributed by atoms with E-state index in [1.54, 1.807) is 24.4 Å². The zero-order chi connectivity index (χ0) is 17.3. The van der Waals surface area contributed by atoms with E-state index in [2.05, 4.69) is 4.98 Å². The molecular formula is C18H18FN3O2. The molecule has 0 aliphatic rings. The molecule has 0 bridgehead atoms. The summed E-state index contributed by atoms with van der Waals surface area (Å²) in [7, 11) is 3.92. The fraction of sp³-hybridized carbons (Fsp3) is 0.222. The van der Waals surface area contributed by atoms with Crippen LogP contribution in [0.1, 0.15) is 21.6 Å². The third kappa shape index (κ3) is 3.28. The van der Waals surface area contributed by atoms with Crippen LogP contribution in [0.4, 0.5) is 4.39 Å². The Morgan fingerprint density at radius 3 is 2.62 bits per heavy atom. The van der Waals surface area contributed by atoms with Gasteiger partial charge in [-0.25, -0.2) is 14.2 Å². The molecular weight excluding hydrogens is 309 g/mol. The fourth-order valence-corrected chi connectivity index (χ4v) is 2.76.